The van der Waals surface area contributed by atoms with Crippen LogP contribution >= 0.6 is 0 Å². The van der Waals surface area contributed by atoms with Crippen molar-refractivity contribution in [2.75, 3.05) is 0 Å². The Kier molecular flexibility index (Phi) is 4.15. The van der Waals surface area contributed by atoms with Crippen LogP contribution < -0.4 is 11.1 Å². The highest BCUT2D eigenvalue weighted by molar-refractivity contribution is 5.94. The Hall–Kier alpha value is -2.33. The highest BCUT2D eigenvalue weighted by atomic mass is 16.3. The van der Waals surface area contributed by atoms with Crippen molar-refractivity contribution in [3.05, 3.63) is 65.2 Å². The summed E-state index contributed by atoms with van der Waals surface area (Å²) < 4.78 is 0. The van der Waals surface area contributed by atoms with Crippen molar-refractivity contribution in [3.63, 3.8) is 0 Å². The number of hydrogen-bond acceptors (Lipinski definition) is 3. The van der Waals surface area contributed by atoms with Crippen LogP contribution in [0, 0.1) is 0 Å². The van der Waals surface area contributed by atoms with Gasteiger partial charge in [0.25, 0.3) is 5.91 Å². The quantitative estimate of drug-likeness (QED) is 0.780. The molecule has 0 aliphatic carbocycles. The zero-order chi connectivity index (χ0) is 13.7. The second-order valence-corrected chi connectivity index (χ2v) is 4.25. The van der Waals surface area contributed by atoms with E-state index in [0.29, 0.717) is 18.7 Å². The Balaban J connectivity index is 1.95. The lowest BCUT2D eigenvalue weighted by Crippen LogP contribution is -2.22. The molecule has 19 heavy (non-hydrogen) atoms. The number of aromatic hydroxyl groups is 1. The predicted octanol–water partition coefficient (Wildman–Crippen LogP) is 1.78. The summed E-state index contributed by atoms with van der Waals surface area (Å²) >= 11 is 0. The van der Waals surface area contributed by atoms with Gasteiger partial charge >= 0.3 is 0 Å². The molecule has 0 heterocycles. The summed E-state index contributed by atoms with van der Waals surface area (Å²) in [6, 6.07) is 13.9. The zero-order valence-electron chi connectivity index (χ0n) is 10.5. The van der Waals surface area contributed by atoms with Crippen molar-refractivity contribution in [3.8, 4) is 5.75 Å². The minimum Gasteiger partial charge on any atom is -0.508 e. The Morgan fingerprint density at radius 2 is 1.58 bits per heavy atom. The molecule has 0 aliphatic heterocycles. The molecule has 1 amide bonds. The summed E-state index contributed by atoms with van der Waals surface area (Å²) in [5.41, 5.74) is 8.04. The topological polar surface area (TPSA) is 75.4 Å². The maximum atomic E-state index is 11.9. The van der Waals surface area contributed by atoms with Gasteiger partial charge in [-0.3, -0.25) is 4.79 Å². The number of amides is 1. The number of carbonyl (C=O) groups is 1. The van der Waals surface area contributed by atoms with Crippen LogP contribution in [0.15, 0.2) is 48.5 Å². The van der Waals surface area contributed by atoms with Crippen molar-refractivity contribution in [1.29, 1.82) is 0 Å². The van der Waals surface area contributed by atoms with Crippen molar-refractivity contribution >= 4 is 5.91 Å². The third-order valence-electron chi connectivity index (χ3n) is 2.84. The van der Waals surface area contributed by atoms with Crippen molar-refractivity contribution < 1.29 is 9.90 Å². The van der Waals surface area contributed by atoms with E-state index in [-0.39, 0.29) is 11.7 Å². The molecule has 0 unspecified atom stereocenters. The molecule has 0 aliphatic rings. The fourth-order valence-electron chi connectivity index (χ4n) is 1.69. The summed E-state index contributed by atoms with van der Waals surface area (Å²) in [7, 11) is 0. The lowest BCUT2D eigenvalue weighted by Gasteiger charge is -2.06. The van der Waals surface area contributed by atoms with Crippen molar-refractivity contribution in [2.45, 2.75) is 13.1 Å². The van der Waals surface area contributed by atoms with Crippen LogP contribution in [0.2, 0.25) is 0 Å². The fourth-order valence-corrected chi connectivity index (χ4v) is 1.69. The number of nitrogens with two attached hydrogens (primary N) is 1. The van der Waals surface area contributed by atoms with Crippen LogP contribution in [0.1, 0.15) is 21.5 Å². The SMILES string of the molecule is NCc1ccc(C(=O)NCc2ccc(O)cc2)cc1. The average molecular weight is 256 g/mol. The summed E-state index contributed by atoms with van der Waals surface area (Å²) in [5.74, 6) is 0.0871. The summed E-state index contributed by atoms with van der Waals surface area (Å²) in [6.07, 6.45) is 0. The van der Waals surface area contributed by atoms with Crippen LogP contribution in [0.3, 0.4) is 0 Å². The lowest BCUT2D eigenvalue weighted by molar-refractivity contribution is 0.0951. The number of hydrogen-bond donors (Lipinski definition) is 3. The maximum absolute atomic E-state index is 11.9. The van der Waals surface area contributed by atoms with Gasteiger partial charge in [-0.2, -0.15) is 0 Å². The molecule has 0 radical (unpaired) electrons. The van der Waals surface area contributed by atoms with Crippen LogP contribution in [0.5, 0.6) is 5.75 Å². The Labute approximate surface area is 111 Å². The first kappa shape index (κ1) is 13.1. The Morgan fingerprint density at radius 1 is 1.00 bits per heavy atom. The number of benzene rings is 2. The Morgan fingerprint density at radius 3 is 2.16 bits per heavy atom. The molecule has 4 N–H and O–H groups in total. The zero-order valence-corrected chi connectivity index (χ0v) is 10.5. The first-order chi connectivity index (χ1) is 9.19. The molecule has 0 spiro atoms. The molecule has 0 bridgehead atoms. The number of phenolic OH excluding ortho intramolecular Hbond substituents is 1. The van der Waals surface area contributed by atoms with E-state index < -0.39 is 0 Å². The largest absolute Gasteiger partial charge is 0.508 e. The molecule has 0 saturated heterocycles. The molecule has 2 aromatic carbocycles. The average Bonchev–Trinajstić information content (AvgIpc) is 2.46. The smallest absolute Gasteiger partial charge is 0.251 e. The molecule has 2 rings (SSSR count). The molecule has 4 nitrogen and oxygen atoms in total. The second-order valence-electron chi connectivity index (χ2n) is 4.25. The van der Waals surface area contributed by atoms with Gasteiger partial charge in [0, 0.05) is 18.7 Å². The van der Waals surface area contributed by atoms with E-state index in [2.05, 4.69) is 5.32 Å². The monoisotopic (exact) mass is 256 g/mol. The van der Waals surface area contributed by atoms with E-state index in [4.69, 9.17) is 10.8 Å². The molecule has 0 atom stereocenters. The van der Waals surface area contributed by atoms with E-state index in [1.165, 1.54) is 0 Å². The van der Waals surface area contributed by atoms with Gasteiger partial charge in [0.2, 0.25) is 0 Å². The van der Waals surface area contributed by atoms with Gasteiger partial charge in [-0.05, 0) is 35.4 Å². The number of nitrogens with one attached hydrogen (secondary N) is 1. The number of rotatable bonds is 4. The molecule has 98 valence electrons. The normalized spacial score (nSPS) is 10.2. The Bertz CT molecular complexity index is 547. The van der Waals surface area contributed by atoms with Gasteiger partial charge in [0.15, 0.2) is 0 Å². The summed E-state index contributed by atoms with van der Waals surface area (Å²) in [4.78, 5) is 11.9. The van der Waals surface area contributed by atoms with Crippen molar-refractivity contribution in [2.24, 2.45) is 5.73 Å². The van der Waals surface area contributed by atoms with E-state index in [0.717, 1.165) is 11.1 Å². The predicted molar refractivity (Wildman–Crippen MR) is 73.6 cm³/mol. The van der Waals surface area contributed by atoms with Crippen LogP contribution in [-0.4, -0.2) is 11.0 Å². The van der Waals surface area contributed by atoms with E-state index >= 15 is 0 Å². The molecular weight excluding hydrogens is 240 g/mol. The minimum absolute atomic E-state index is 0.128. The summed E-state index contributed by atoms with van der Waals surface area (Å²) in [6.45, 7) is 0.896. The number of carbonyl (C=O) groups excluding carboxylic acids is 1. The molecule has 0 aromatic heterocycles. The first-order valence-electron chi connectivity index (χ1n) is 6.04. The number of phenols is 1. The van der Waals surface area contributed by atoms with Gasteiger partial charge < -0.3 is 16.2 Å². The third kappa shape index (κ3) is 3.56. The van der Waals surface area contributed by atoms with Crippen LogP contribution in [0.4, 0.5) is 0 Å². The third-order valence-corrected chi connectivity index (χ3v) is 2.84. The maximum Gasteiger partial charge on any atom is 0.251 e. The van der Waals surface area contributed by atoms with Gasteiger partial charge in [0.05, 0.1) is 0 Å². The van der Waals surface area contributed by atoms with Crippen molar-refractivity contribution in [1.82, 2.24) is 5.32 Å². The highest BCUT2D eigenvalue weighted by Crippen LogP contribution is 2.09. The molecule has 0 fully saturated rings. The highest BCUT2D eigenvalue weighted by Gasteiger charge is 2.04. The molecule has 4 heteroatoms. The molecule has 2 aromatic rings. The van der Waals surface area contributed by atoms with Gasteiger partial charge in [-0.1, -0.05) is 24.3 Å². The molecule has 0 saturated carbocycles. The second kappa shape index (κ2) is 6.02. The first-order valence-corrected chi connectivity index (χ1v) is 6.04. The fraction of sp³-hybridized carbons (Fsp3) is 0.133. The van der Waals surface area contributed by atoms with Gasteiger partial charge in [-0.25, -0.2) is 0 Å². The lowest BCUT2D eigenvalue weighted by atomic mass is 10.1. The minimum atomic E-state index is -0.128. The van der Waals surface area contributed by atoms with E-state index in [9.17, 15) is 4.79 Å². The standard InChI is InChI=1S/C15H16N2O2/c16-9-11-1-5-13(6-2-11)15(19)17-10-12-3-7-14(18)8-4-12/h1-8,18H,9-10,16H2,(H,17,19). The van der Waals surface area contributed by atoms with E-state index in [1.807, 2.05) is 12.1 Å². The van der Waals surface area contributed by atoms with E-state index in [1.54, 1.807) is 36.4 Å². The van der Waals surface area contributed by atoms with Crippen LogP contribution in [-0.2, 0) is 13.1 Å². The van der Waals surface area contributed by atoms with Gasteiger partial charge in [0.1, 0.15) is 5.75 Å². The van der Waals surface area contributed by atoms with Gasteiger partial charge in [-0.15, -0.1) is 0 Å². The molecular formula is C15H16N2O2. The van der Waals surface area contributed by atoms with Crippen LogP contribution in [0.25, 0.3) is 0 Å². The summed E-state index contributed by atoms with van der Waals surface area (Å²) in [5, 5.41) is 12.0.